The molecule has 0 aromatic heterocycles. The summed E-state index contributed by atoms with van der Waals surface area (Å²) in [4.78, 5) is 37.5. The van der Waals surface area contributed by atoms with Gasteiger partial charge in [-0.15, -0.1) is 0 Å². The molecule has 0 aromatic rings. The number of carbonyl (C=O) groups excluding carboxylic acids is 3. The molecule has 0 aliphatic carbocycles. The van der Waals surface area contributed by atoms with Gasteiger partial charge >= 0.3 is 17.9 Å². The van der Waals surface area contributed by atoms with Crippen LogP contribution in [-0.4, -0.2) is 37.2 Å². The van der Waals surface area contributed by atoms with Crippen molar-refractivity contribution in [2.75, 3.05) is 13.2 Å². The maximum absolute atomic E-state index is 12.6. The minimum Gasteiger partial charge on any atom is -0.462 e. The first-order valence-corrected chi connectivity index (χ1v) is 21.8. The Morgan fingerprint density at radius 3 is 1.23 bits per heavy atom. The quantitative estimate of drug-likeness (QED) is 0.0271. The summed E-state index contributed by atoms with van der Waals surface area (Å²) in [6.07, 6.45) is 49.3. The van der Waals surface area contributed by atoms with Gasteiger partial charge in [-0.2, -0.15) is 0 Å². The van der Waals surface area contributed by atoms with Crippen molar-refractivity contribution < 1.29 is 28.6 Å². The largest absolute Gasteiger partial charge is 0.462 e. The average Bonchev–Trinajstić information content (AvgIpc) is 3.15. The molecule has 0 fully saturated rings. The normalized spacial score (nSPS) is 12.6. The molecule has 1 atom stereocenters. The van der Waals surface area contributed by atoms with Crippen molar-refractivity contribution in [2.24, 2.45) is 0 Å². The van der Waals surface area contributed by atoms with Gasteiger partial charge in [0.05, 0.1) is 0 Å². The molecule has 6 nitrogen and oxygen atoms in total. The lowest BCUT2D eigenvalue weighted by molar-refractivity contribution is -0.167. The molecule has 0 saturated carbocycles. The summed E-state index contributed by atoms with van der Waals surface area (Å²) in [6.45, 7) is 6.39. The lowest BCUT2D eigenvalue weighted by atomic mass is 10.1. The topological polar surface area (TPSA) is 78.9 Å². The molecule has 304 valence electrons. The number of allylic oxidation sites excluding steroid dienone is 10. The van der Waals surface area contributed by atoms with Crippen molar-refractivity contribution in [3.63, 3.8) is 0 Å². The second kappa shape index (κ2) is 41.9. The summed E-state index contributed by atoms with van der Waals surface area (Å²) >= 11 is 0. The summed E-state index contributed by atoms with van der Waals surface area (Å²) in [7, 11) is 0. The third-order valence-corrected chi connectivity index (χ3v) is 9.01. The fourth-order valence-electron chi connectivity index (χ4n) is 5.71. The second-order valence-electron chi connectivity index (χ2n) is 14.2. The summed E-state index contributed by atoms with van der Waals surface area (Å²) in [5.74, 6) is -0.933. The van der Waals surface area contributed by atoms with E-state index in [4.69, 9.17) is 14.2 Å². The zero-order valence-corrected chi connectivity index (χ0v) is 34.5. The molecule has 0 aliphatic rings. The molecular formula is C47H80O6. The van der Waals surface area contributed by atoms with Crippen LogP contribution in [0.1, 0.15) is 201 Å². The van der Waals surface area contributed by atoms with Gasteiger partial charge < -0.3 is 14.2 Å². The van der Waals surface area contributed by atoms with E-state index in [1.165, 1.54) is 51.4 Å². The molecule has 0 spiro atoms. The fraction of sp³-hybridized carbons (Fsp3) is 0.723. The Morgan fingerprint density at radius 2 is 0.755 bits per heavy atom. The van der Waals surface area contributed by atoms with Crippen molar-refractivity contribution >= 4 is 17.9 Å². The van der Waals surface area contributed by atoms with Gasteiger partial charge in [0.1, 0.15) is 13.2 Å². The van der Waals surface area contributed by atoms with Gasteiger partial charge in [0.15, 0.2) is 6.10 Å². The number of rotatable bonds is 38. The molecule has 0 radical (unpaired) electrons. The second-order valence-corrected chi connectivity index (χ2v) is 14.2. The van der Waals surface area contributed by atoms with E-state index in [9.17, 15) is 14.4 Å². The third-order valence-electron chi connectivity index (χ3n) is 9.01. The van der Waals surface area contributed by atoms with Gasteiger partial charge in [-0.05, 0) is 77.0 Å². The standard InChI is InChI=1S/C47H80O6/c1-4-7-10-13-16-18-20-21-22-23-24-25-27-28-31-34-37-40-46(49)52-43-44(42-51-45(48)39-36-33-30-15-12-9-6-3)53-47(50)41-38-35-32-29-26-19-17-14-11-8-5-2/h7,10,14,16-18,21-22,24-25,44H,4-6,8-9,11-13,15,19-20,23,26-43H2,1-3H3/b10-7-,17-14-,18-16-,22-21-,25-24-. The van der Waals surface area contributed by atoms with Gasteiger partial charge in [-0.3, -0.25) is 14.4 Å². The Kier molecular flexibility index (Phi) is 39.6. The zero-order valence-electron chi connectivity index (χ0n) is 34.5. The number of unbranched alkanes of at least 4 members (excludes halogenated alkanes) is 17. The molecule has 6 heteroatoms. The van der Waals surface area contributed by atoms with E-state index < -0.39 is 6.10 Å². The highest BCUT2D eigenvalue weighted by Gasteiger charge is 2.19. The van der Waals surface area contributed by atoms with Crippen LogP contribution >= 0.6 is 0 Å². The van der Waals surface area contributed by atoms with Crippen LogP contribution in [0.2, 0.25) is 0 Å². The van der Waals surface area contributed by atoms with E-state index in [0.29, 0.717) is 19.3 Å². The maximum Gasteiger partial charge on any atom is 0.306 e. The highest BCUT2D eigenvalue weighted by Crippen LogP contribution is 2.12. The van der Waals surface area contributed by atoms with Crippen LogP contribution in [0, 0.1) is 0 Å². The van der Waals surface area contributed by atoms with Crippen LogP contribution < -0.4 is 0 Å². The Hall–Kier alpha value is -2.89. The van der Waals surface area contributed by atoms with Crippen molar-refractivity contribution in [3.8, 4) is 0 Å². The number of esters is 3. The molecule has 0 aromatic carbocycles. The summed E-state index contributed by atoms with van der Waals surface area (Å²) < 4.78 is 16.6. The van der Waals surface area contributed by atoms with Crippen LogP contribution in [0.5, 0.6) is 0 Å². The van der Waals surface area contributed by atoms with Gasteiger partial charge in [-0.25, -0.2) is 0 Å². The maximum atomic E-state index is 12.6. The van der Waals surface area contributed by atoms with Crippen molar-refractivity contribution in [1.82, 2.24) is 0 Å². The summed E-state index contributed by atoms with van der Waals surface area (Å²) in [5, 5.41) is 0. The average molecular weight is 741 g/mol. The number of ether oxygens (including phenoxy) is 3. The first-order valence-electron chi connectivity index (χ1n) is 21.8. The first kappa shape index (κ1) is 50.1. The molecule has 0 rings (SSSR count). The SMILES string of the molecule is CC/C=C\C/C=C\C/C=C\C/C=C\CCCCCCC(=O)OCC(COC(=O)CCCCCCCCC)OC(=O)CCCCCCC/C=C\CCCC. The molecule has 53 heavy (non-hydrogen) atoms. The predicted molar refractivity (Wildman–Crippen MR) is 224 cm³/mol. The molecule has 0 N–H and O–H groups in total. The van der Waals surface area contributed by atoms with E-state index in [-0.39, 0.29) is 31.1 Å². The smallest absolute Gasteiger partial charge is 0.306 e. The molecule has 0 aliphatic heterocycles. The molecule has 0 amide bonds. The summed E-state index contributed by atoms with van der Waals surface area (Å²) in [6, 6.07) is 0. The van der Waals surface area contributed by atoms with E-state index in [1.807, 2.05) is 0 Å². The molecule has 0 bridgehead atoms. The van der Waals surface area contributed by atoms with Crippen LogP contribution in [-0.2, 0) is 28.6 Å². The van der Waals surface area contributed by atoms with Gasteiger partial charge in [-0.1, -0.05) is 165 Å². The van der Waals surface area contributed by atoms with Crippen LogP contribution in [0.15, 0.2) is 60.8 Å². The number of carbonyl (C=O) groups is 3. The van der Waals surface area contributed by atoms with E-state index in [0.717, 1.165) is 109 Å². The monoisotopic (exact) mass is 741 g/mol. The Labute approximate surface area is 326 Å². The molecular weight excluding hydrogens is 661 g/mol. The van der Waals surface area contributed by atoms with Crippen LogP contribution in [0.25, 0.3) is 0 Å². The first-order chi connectivity index (χ1) is 26.0. The van der Waals surface area contributed by atoms with Gasteiger partial charge in [0, 0.05) is 19.3 Å². The van der Waals surface area contributed by atoms with Gasteiger partial charge in [0.2, 0.25) is 0 Å². The van der Waals surface area contributed by atoms with Crippen molar-refractivity contribution in [3.05, 3.63) is 60.8 Å². The zero-order chi connectivity index (χ0) is 38.7. The Bertz CT molecular complexity index is 991. The van der Waals surface area contributed by atoms with Gasteiger partial charge in [0.25, 0.3) is 0 Å². The highest BCUT2D eigenvalue weighted by molar-refractivity contribution is 5.71. The van der Waals surface area contributed by atoms with Crippen molar-refractivity contribution in [2.45, 2.75) is 207 Å². The lowest BCUT2D eigenvalue weighted by Crippen LogP contribution is -2.30. The Balaban J connectivity index is 4.36. The lowest BCUT2D eigenvalue weighted by Gasteiger charge is -2.18. The fourth-order valence-corrected chi connectivity index (χ4v) is 5.71. The van der Waals surface area contributed by atoms with E-state index in [2.05, 4.69) is 81.5 Å². The number of hydrogen-bond donors (Lipinski definition) is 0. The molecule has 0 heterocycles. The van der Waals surface area contributed by atoms with E-state index >= 15 is 0 Å². The van der Waals surface area contributed by atoms with E-state index in [1.54, 1.807) is 0 Å². The third kappa shape index (κ3) is 40.1. The Morgan fingerprint density at radius 1 is 0.396 bits per heavy atom. The highest BCUT2D eigenvalue weighted by atomic mass is 16.6. The summed E-state index contributed by atoms with van der Waals surface area (Å²) in [5.41, 5.74) is 0. The minimum absolute atomic E-state index is 0.0859. The number of hydrogen-bond acceptors (Lipinski definition) is 6. The van der Waals surface area contributed by atoms with Crippen LogP contribution in [0.3, 0.4) is 0 Å². The predicted octanol–water partition coefficient (Wildman–Crippen LogP) is 13.7. The molecule has 1 unspecified atom stereocenters. The van der Waals surface area contributed by atoms with Crippen LogP contribution in [0.4, 0.5) is 0 Å². The van der Waals surface area contributed by atoms with Crippen molar-refractivity contribution in [1.29, 1.82) is 0 Å². The molecule has 0 saturated heterocycles. The minimum atomic E-state index is -0.782.